The van der Waals surface area contributed by atoms with Crippen molar-refractivity contribution in [3.63, 3.8) is 0 Å². The summed E-state index contributed by atoms with van der Waals surface area (Å²) in [6.07, 6.45) is 0. The van der Waals surface area contributed by atoms with Gasteiger partial charge in [0.1, 0.15) is 0 Å². The topological polar surface area (TPSA) is 9.86 Å². The van der Waals surface area contributed by atoms with Gasteiger partial charge in [-0.05, 0) is 93.3 Å². The molecule has 12 rings (SSSR count). The van der Waals surface area contributed by atoms with Gasteiger partial charge in [0.15, 0.2) is 0 Å². The number of para-hydroxylation sites is 3. The van der Waals surface area contributed by atoms with Crippen molar-refractivity contribution in [3.05, 3.63) is 170 Å². The van der Waals surface area contributed by atoms with Crippen LogP contribution < -0.4 is 0 Å². The fourth-order valence-corrected chi connectivity index (χ4v) is 10.2. The Hall–Kier alpha value is -6.42. The predicted molar refractivity (Wildman–Crippen MR) is 220 cm³/mol. The molecule has 9 aromatic carbocycles. The molecule has 12 aromatic rings. The van der Waals surface area contributed by atoms with Crippen molar-refractivity contribution in [2.75, 3.05) is 0 Å². The number of aromatic nitrogens is 2. The van der Waals surface area contributed by atoms with Gasteiger partial charge < -0.3 is 9.13 Å². The second-order valence-electron chi connectivity index (χ2n) is 13.7. The van der Waals surface area contributed by atoms with Gasteiger partial charge in [0, 0.05) is 42.7 Å². The number of rotatable bonds is 3. The van der Waals surface area contributed by atoms with Crippen LogP contribution in [0.25, 0.3) is 108 Å². The summed E-state index contributed by atoms with van der Waals surface area (Å²) in [6.45, 7) is 0. The average molecular weight is 665 g/mol. The highest BCUT2D eigenvalue weighted by atomic mass is 32.1. The molecule has 0 aliphatic rings. The van der Waals surface area contributed by atoms with Crippen LogP contribution in [0.2, 0.25) is 0 Å². The van der Waals surface area contributed by atoms with Crippen LogP contribution in [-0.2, 0) is 0 Å². The van der Waals surface area contributed by atoms with E-state index in [0.29, 0.717) is 0 Å². The normalized spacial score (nSPS) is 12.3. The second-order valence-corrected chi connectivity index (χ2v) is 14.7. The molecule has 0 amide bonds. The first kappa shape index (κ1) is 27.4. The molecule has 0 saturated carbocycles. The zero-order chi connectivity index (χ0) is 33.2. The molecule has 236 valence electrons. The third-order valence-corrected chi connectivity index (χ3v) is 12.2. The van der Waals surface area contributed by atoms with Crippen LogP contribution in [0.5, 0.6) is 0 Å². The zero-order valence-electron chi connectivity index (χ0n) is 27.5. The molecule has 0 atom stereocenters. The van der Waals surface area contributed by atoms with E-state index in [1.165, 1.54) is 108 Å². The number of hydrogen-bond acceptors (Lipinski definition) is 1. The monoisotopic (exact) mass is 664 g/mol. The first-order valence-electron chi connectivity index (χ1n) is 17.5. The molecular weight excluding hydrogens is 637 g/mol. The highest BCUT2D eigenvalue weighted by Gasteiger charge is 2.21. The molecule has 0 radical (unpaired) electrons. The maximum absolute atomic E-state index is 2.50. The Morgan fingerprint density at radius 3 is 1.55 bits per heavy atom. The molecule has 0 N–H and O–H groups in total. The minimum absolute atomic E-state index is 1.18. The number of thiophene rings is 1. The first-order valence-corrected chi connectivity index (χ1v) is 18.3. The average Bonchev–Trinajstić information content (AvgIpc) is 3.86. The molecule has 51 heavy (non-hydrogen) atoms. The van der Waals surface area contributed by atoms with Crippen molar-refractivity contribution >= 4 is 96.7 Å². The molecule has 0 unspecified atom stereocenters. The molecule has 2 nitrogen and oxygen atoms in total. The Bertz CT molecular complexity index is 3360. The van der Waals surface area contributed by atoms with Gasteiger partial charge in [-0.1, -0.05) is 109 Å². The van der Waals surface area contributed by atoms with Gasteiger partial charge in [-0.2, -0.15) is 0 Å². The van der Waals surface area contributed by atoms with Crippen molar-refractivity contribution < 1.29 is 0 Å². The lowest BCUT2D eigenvalue weighted by atomic mass is 9.94. The van der Waals surface area contributed by atoms with Crippen molar-refractivity contribution in [1.29, 1.82) is 0 Å². The third-order valence-electron chi connectivity index (χ3n) is 11.1. The molecule has 0 bridgehead atoms. The van der Waals surface area contributed by atoms with Crippen molar-refractivity contribution in [1.82, 2.24) is 9.13 Å². The van der Waals surface area contributed by atoms with E-state index < -0.39 is 0 Å². The van der Waals surface area contributed by atoms with Crippen molar-refractivity contribution in [3.8, 4) is 22.5 Å². The van der Waals surface area contributed by atoms with Crippen LogP contribution in [0.15, 0.2) is 170 Å². The molecular formula is C48H28N2S. The minimum Gasteiger partial charge on any atom is -0.309 e. The number of fused-ring (bicyclic) bond motifs is 9. The van der Waals surface area contributed by atoms with E-state index >= 15 is 0 Å². The summed E-state index contributed by atoms with van der Waals surface area (Å²) in [5.74, 6) is 0. The van der Waals surface area contributed by atoms with E-state index in [0.717, 1.165) is 0 Å². The summed E-state index contributed by atoms with van der Waals surface area (Å²) >= 11 is 1.92. The largest absolute Gasteiger partial charge is 0.309 e. The van der Waals surface area contributed by atoms with Gasteiger partial charge in [-0.15, -0.1) is 11.3 Å². The molecule has 3 heteroatoms. The Kier molecular flexibility index (Phi) is 5.41. The fraction of sp³-hybridized carbons (Fsp3) is 0. The standard InChI is InChI=1S/C48H28N2S/c1-2-11-31(12-3-1)49-40-18-8-6-15-34(40)38-27-29(21-24-42(38)49)30-22-25-43-39(28-30)35-16-7-9-19-41(35)50(43)44-26-23-37-33-14-5-4-13-32(33)36-17-10-20-45-46(36)47(37)48(44)51-45/h1-28H. The minimum atomic E-state index is 1.18. The van der Waals surface area contributed by atoms with Crippen LogP contribution in [0.1, 0.15) is 0 Å². The van der Waals surface area contributed by atoms with Gasteiger partial charge in [-0.3, -0.25) is 0 Å². The Balaban J connectivity index is 1.10. The van der Waals surface area contributed by atoms with Crippen LogP contribution in [-0.4, -0.2) is 9.13 Å². The van der Waals surface area contributed by atoms with E-state index in [9.17, 15) is 0 Å². The number of nitrogens with zero attached hydrogens (tertiary/aromatic N) is 2. The lowest BCUT2D eigenvalue weighted by Crippen LogP contribution is -1.94. The summed E-state index contributed by atoms with van der Waals surface area (Å²) in [4.78, 5) is 0. The molecule has 0 saturated heterocycles. The van der Waals surface area contributed by atoms with Crippen molar-refractivity contribution in [2.24, 2.45) is 0 Å². The van der Waals surface area contributed by atoms with Crippen LogP contribution in [0.4, 0.5) is 0 Å². The van der Waals surface area contributed by atoms with E-state index in [1.807, 2.05) is 11.3 Å². The van der Waals surface area contributed by atoms with Gasteiger partial charge in [0.2, 0.25) is 0 Å². The highest BCUT2D eigenvalue weighted by Crippen LogP contribution is 2.48. The van der Waals surface area contributed by atoms with Crippen molar-refractivity contribution in [2.45, 2.75) is 0 Å². The maximum Gasteiger partial charge on any atom is 0.0641 e. The molecule has 3 heterocycles. The van der Waals surface area contributed by atoms with E-state index in [-0.39, 0.29) is 0 Å². The van der Waals surface area contributed by atoms with E-state index in [1.54, 1.807) is 0 Å². The predicted octanol–water partition coefficient (Wildman–Crippen LogP) is 13.7. The van der Waals surface area contributed by atoms with Gasteiger partial charge in [0.05, 0.1) is 32.5 Å². The van der Waals surface area contributed by atoms with Gasteiger partial charge >= 0.3 is 0 Å². The summed E-state index contributed by atoms with van der Waals surface area (Å²) < 4.78 is 7.57. The smallest absolute Gasteiger partial charge is 0.0641 e. The molecule has 0 aliphatic heterocycles. The van der Waals surface area contributed by atoms with Crippen LogP contribution >= 0.6 is 11.3 Å². The SMILES string of the molecule is c1ccc(-n2c3ccccc3c3cc(-c4ccc5c(c4)c4ccccc4n5-c4ccc5c6ccccc6c6cccc7sc4c5c76)ccc32)cc1. The lowest BCUT2D eigenvalue weighted by Gasteiger charge is -2.13. The summed E-state index contributed by atoms with van der Waals surface area (Å²) in [7, 11) is 0. The van der Waals surface area contributed by atoms with E-state index in [2.05, 4.69) is 179 Å². The fourth-order valence-electron chi connectivity index (χ4n) is 8.90. The Morgan fingerprint density at radius 1 is 0.333 bits per heavy atom. The van der Waals surface area contributed by atoms with Gasteiger partial charge in [-0.25, -0.2) is 0 Å². The van der Waals surface area contributed by atoms with E-state index in [4.69, 9.17) is 0 Å². The quantitative estimate of drug-likeness (QED) is 0.166. The van der Waals surface area contributed by atoms with Crippen LogP contribution in [0.3, 0.4) is 0 Å². The number of benzene rings is 9. The summed E-state index contributed by atoms with van der Waals surface area (Å²) in [5, 5.41) is 13.2. The highest BCUT2D eigenvalue weighted by molar-refractivity contribution is 7.26. The molecule has 0 spiro atoms. The summed E-state index contributed by atoms with van der Waals surface area (Å²) in [5.41, 5.74) is 9.78. The maximum atomic E-state index is 2.50. The zero-order valence-corrected chi connectivity index (χ0v) is 28.3. The molecule has 0 aliphatic carbocycles. The summed E-state index contributed by atoms with van der Waals surface area (Å²) in [6, 6.07) is 62.7. The Morgan fingerprint density at radius 2 is 0.863 bits per heavy atom. The van der Waals surface area contributed by atoms with Gasteiger partial charge in [0.25, 0.3) is 0 Å². The third kappa shape index (κ3) is 3.65. The van der Waals surface area contributed by atoms with Crippen LogP contribution in [0, 0.1) is 0 Å². The Labute approximate surface area is 297 Å². The lowest BCUT2D eigenvalue weighted by molar-refractivity contribution is 1.18. The molecule has 3 aromatic heterocycles. The first-order chi connectivity index (χ1) is 25.3. The second kappa shape index (κ2) is 10.1. The number of hydrogen-bond donors (Lipinski definition) is 0. The molecule has 0 fully saturated rings.